The van der Waals surface area contributed by atoms with Crippen LogP contribution in [0.5, 0.6) is 0 Å². The summed E-state index contributed by atoms with van der Waals surface area (Å²) < 4.78 is 0. The zero-order chi connectivity index (χ0) is 19.5. The third-order valence-corrected chi connectivity index (χ3v) is 5.86. The van der Waals surface area contributed by atoms with Gasteiger partial charge in [-0.05, 0) is 25.5 Å². The number of likely N-dealkylation sites (tertiary alicyclic amines) is 1. The molecule has 2 aliphatic heterocycles. The quantitative estimate of drug-likeness (QED) is 0.782. The lowest BCUT2D eigenvalue weighted by Gasteiger charge is -2.29. The number of nitrogens with one attached hydrogen (secondary N) is 1. The number of pyridine rings is 1. The Morgan fingerprint density at radius 3 is 2.86 bits per heavy atom. The Morgan fingerprint density at radius 2 is 2.07 bits per heavy atom. The van der Waals surface area contributed by atoms with E-state index in [9.17, 15) is 9.59 Å². The van der Waals surface area contributed by atoms with E-state index in [4.69, 9.17) is 4.98 Å². The van der Waals surface area contributed by atoms with Crippen LogP contribution in [0.1, 0.15) is 47.8 Å². The summed E-state index contributed by atoms with van der Waals surface area (Å²) in [6.07, 6.45) is 3.28. The van der Waals surface area contributed by atoms with Crippen LogP contribution < -0.4 is 5.32 Å². The molecule has 3 heterocycles. The molecule has 148 valence electrons. The van der Waals surface area contributed by atoms with Crippen molar-refractivity contribution in [3.8, 4) is 0 Å². The molecule has 0 spiro atoms. The van der Waals surface area contributed by atoms with Crippen LogP contribution in [-0.4, -0.2) is 59.3 Å². The lowest BCUT2D eigenvalue weighted by Crippen LogP contribution is -2.35. The van der Waals surface area contributed by atoms with E-state index in [-0.39, 0.29) is 11.8 Å². The molecule has 2 aromatic rings. The van der Waals surface area contributed by atoms with Gasteiger partial charge >= 0.3 is 0 Å². The molecule has 1 fully saturated rings. The highest BCUT2D eigenvalue weighted by Crippen LogP contribution is 2.28. The van der Waals surface area contributed by atoms with Gasteiger partial charge in [-0.2, -0.15) is 0 Å². The molecule has 1 saturated heterocycles. The second-order valence-electron chi connectivity index (χ2n) is 7.64. The molecule has 1 aromatic carbocycles. The van der Waals surface area contributed by atoms with Gasteiger partial charge in [0.2, 0.25) is 5.91 Å². The van der Waals surface area contributed by atoms with Gasteiger partial charge in [-0.1, -0.05) is 25.1 Å². The van der Waals surface area contributed by atoms with Crippen molar-refractivity contribution in [1.29, 1.82) is 0 Å². The third-order valence-electron chi connectivity index (χ3n) is 5.86. The molecule has 0 atom stereocenters. The van der Waals surface area contributed by atoms with Gasteiger partial charge in [0.25, 0.3) is 5.91 Å². The second-order valence-corrected chi connectivity index (χ2v) is 7.64. The van der Waals surface area contributed by atoms with E-state index in [0.717, 1.165) is 79.7 Å². The zero-order valence-corrected chi connectivity index (χ0v) is 16.5. The minimum absolute atomic E-state index is 0.0273. The fraction of sp³-hybridized carbons (Fsp3) is 0.500. The van der Waals surface area contributed by atoms with Gasteiger partial charge in [0, 0.05) is 62.2 Å². The summed E-state index contributed by atoms with van der Waals surface area (Å²) in [5.41, 5.74) is 3.78. The molecule has 1 aromatic heterocycles. The van der Waals surface area contributed by atoms with E-state index in [1.54, 1.807) is 0 Å². The molecule has 2 aliphatic rings. The molecule has 4 rings (SSSR count). The molecule has 6 heteroatoms. The number of carbonyl (C=O) groups excluding carboxylic acids is 2. The Kier molecular flexibility index (Phi) is 5.57. The number of hydrogen-bond acceptors (Lipinski definition) is 4. The average Bonchev–Trinajstić information content (AvgIpc) is 3.13. The highest BCUT2D eigenvalue weighted by atomic mass is 16.2. The van der Waals surface area contributed by atoms with Crippen molar-refractivity contribution in [3.63, 3.8) is 0 Å². The molecular weight excluding hydrogens is 352 g/mol. The van der Waals surface area contributed by atoms with E-state index < -0.39 is 0 Å². The minimum atomic E-state index is -0.0273. The Balaban J connectivity index is 1.52. The maximum Gasteiger partial charge on any atom is 0.252 e. The molecule has 28 heavy (non-hydrogen) atoms. The van der Waals surface area contributed by atoms with Crippen LogP contribution in [0.15, 0.2) is 24.3 Å². The molecule has 1 N–H and O–H groups in total. The second kappa shape index (κ2) is 8.27. The molecule has 0 aliphatic carbocycles. The Labute approximate surface area is 165 Å². The summed E-state index contributed by atoms with van der Waals surface area (Å²) in [7, 11) is 0. The van der Waals surface area contributed by atoms with Crippen LogP contribution in [0.2, 0.25) is 0 Å². The van der Waals surface area contributed by atoms with Crippen LogP contribution in [0.3, 0.4) is 0 Å². The fourth-order valence-electron chi connectivity index (χ4n) is 4.28. The molecular formula is C22H28N4O2. The molecule has 2 amide bonds. The van der Waals surface area contributed by atoms with E-state index in [1.165, 1.54) is 0 Å². The van der Waals surface area contributed by atoms with Gasteiger partial charge in [0.05, 0.1) is 11.1 Å². The molecule has 0 saturated carbocycles. The first kappa shape index (κ1) is 18.9. The lowest BCUT2D eigenvalue weighted by atomic mass is 9.95. The zero-order valence-electron chi connectivity index (χ0n) is 16.5. The van der Waals surface area contributed by atoms with Crippen molar-refractivity contribution in [1.82, 2.24) is 20.1 Å². The Morgan fingerprint density at radius 1 is 1.21 bits per heavy atom. The van der Waals surface area contributed by atoms with Crippen molar-refractivity contribution < 1.29 is 9.59 Å². The first-order chi connectivity index (χ1) is 13.7. The van der Waals surface area contributed by atoms with Gasteiger partial charge in [-0.25, -0.2) is 0 Å². The van der Waals surface area contributed by atoms with Crippen molar-refractivity contribution >= 4 is 22.7 Å². The maximum atomic E-state index is 13.1. The molecule has 6 nitrogen and oxygen atoms in total. The summed E-state index contributed by atoms with van der Waals surface area (Å²) in [5.74, 6) is 0.209. The molecule has 0 unspecified atom stereocenters. The van der Waals surface area contributed by atoms with Crippen LogP contribution >= 0.6 is 0 Å². The highest BCUT2D eigenvalue weighted by Gasteiger charge is 2.25. The van der Waals surface area contributed by atoms with E-state index >= 15 is 0 Å². The molecule has 0 radical (unpaired) electrons. The number of fused-ring (bicyclic) bond motifs is 2. The summed E-state index contributed by atoms with van der Waals surface area (Å²) in [5, 5.41) is 4.01. The van der Waals surface area contributed by atoms with E-state index in [0.29, 0.717) is 13.0 Å². The number of hydrogen-bond donors (Lipinski definition) is 1. The average molecular weight is 380 g/mol. The van der Waals surface area contributed by atoms with Gasteiger partial charge in [-0.3, -0.25) is 19.5 Å². The van der Waals surface area contributed by atoms with Gasteiger partial charge in [0.15, 0.2) is 0 Å². The van der Waals surface area contributed by atoms with Crippen LogP contribution in [-0.2, 0) is 17.8 Å². The summed E-state index contributed by atoms with van der Waals surface area (Å²) in [4.78, 5) is 34.0. The Hall–Kier alpha value is -2.47. The number of carbonyl (C=O) groups is 2. The van der Waals surface area contributed by atoms with Crippen LogP contribution in [0.4, 0.5) is 0 Å². The summed E-state index contributed by atoms with van der Waals surface area (Å²) >= 11 is 0. The largest absolute Gasteiger partial charge is 0.352 e. The number of nitrogens with zero attached hydrogens (tertiary/aromatic N) is 3. The van der Waals surface area contributed by atoms with Crippen molar-refractivity contribution in [2.24, 2.45) is 0 Å². The number of aromatic nitrogens is 1. The number of rotatable bonds is 6. The fourth-order valence-corrected chi connectivity index (χ4v) is 4.28. The van der Waals surface area contributed by atoms with Gasteiger partial charge in [0.1, 0.15) is 0 Å². The number of para-hydroxylation sites is 1. The van der Waals surface area contributed by atoms with Crippen LogP contribution in [0.25, 0.3) is 10.9 Å². The van der Waals surface area contributed by atoms with Gasteiger partial charge in [-0.15, -0.1) is 0 Å². The SMILES string of the molecule is CCN1CCc2nc3ccccc3c(C(=O)NCCCN3CCCC3=O)c2C1. The van der Waals surface area contributed by atoms with Crippen molar-refractivity contribution in [3.05, 3.63) is 41.1 Å². The topological polar surface area (TPSA) is 65.5 Å². The van der Waals surface area contributed by atoms with Gasteiger partial charge < -0.3 is 10.2 Å². The summed E-state index contributed by atoms with van der Waals surface area (Å²) in [6.45, 7) is 7.02. The van der Waals surface area contributed by atoms with E-state index in [2.05, 4.69) is 17.1 Å². The number of likely N-dealkylation sites (N-methyl/N-ethyl adjacent to an activating group) is 1. The predicted octanol–water partition coefficient (Wildman–Crippen LogP) is 2.36. The number of amides is 2. The van der Waals surface area contributed by atoms with Crippen LogP contribution in [0, 0.1) is 0 Å². The first-order valence-electron chi connectivity index (χ1n) is 10.4. The predicted molar refractivity (Wildman–Crippen MR) is 109 cm³/mol. The highest BCUT2D eigenvalue weighted by molar-refractivity contribution is 6.07. The summed E-state index contributed by atoms with van der Waals surface area (Å²) in [6, 6.07) is 7.91. The normalized spacial score (nSPS) is 17.2. The molecule has 0 bridgehead atoms. The smallest absolute Gasteiger partial charge is 0.252 e. The van der Waals surface area contributed by atoms with E-state index in [1.807, 2.05) is 29.2 Å². The van der Waals surface area contributed by atoms with Crippen molar-refractivity contribution in [2.75, 3.05) is 32.7 Å². The minimum Gasteiger partial charge on any atom is -0.352 e. The maximum absolute atomic E-state index is 13.1. The third kappa shape index (κ3) is 3.74. The first-order valence-corrected chi connectivity index (χ1v) is 10.4. The monoisotopic (exact) mass is 380 g/mol. The standard InChI is InChI=1S/C22H28N4O2/c1-2-25-14-10-19-17(15-25)21(16-7-3-4-8-18(16)24-19)22(28)23-11-6-13-26-12-5-9-20(26)27/h3-4,7-8H,2,5-6,9-15H2,1H3,(H,23,28). The Bertz CT molecular complexity index is 895. The van der Waals surface area contributed by atoms with Crippen molar-refractivity contribution in [2.45, 2.75) is 39.2 Å². The lowest BCUT2D eigenvalue weighted by molar-refractivity contribution is -0.127. The number of benzene rings is 1.